The normalized spacial score (nSPS) is 12.9. The van der Waals surface area contributed by atoms with Gasteiger partial charge in [0.15, 0.2) is 0 Å². The van der Waals surface area contributed by atoms with Crippen LogP contribution in [-0.2, 0) is 0 Å². The van der Waals surface area contributed by atoms with Crippen LogP contribution in [0.5, 0.6) is 0 Å². The van der Waals surface area contributed by atoms with Crippen LogP contribution < -0.4 is 0 Å². The number of rotatable bonds is 5. The highest BCUT2D eigenvalue weighted by atomic mass is 28.2. The Bertz CT molecular complexity index is 363. The van der Waals surface area contributed by atoms with Crippen LogP contribution in [0.25, 0.3) is 5.20 Å². The lowest BCUT2D eigenvalue weighted by atomic mass is 10.2. The zero-order chi connectivity index (χ0) is 13.1. The summed E-state index contributed by atoms with van der Waals surface area (Å²) in [7, 11) is 8.09. The van der Waals surface area contributed by atoms with Gasteiger partial charge in [0, 0.05) is 0 Å². The molecule has 94 valence electrons. The smallest absolute Gasteiger partial charge is 0.0958 e. The van der Waals surface area contributed by atoms with Crippen LogP contribution in [0, 0.1) is 0 Å². The maximum Gasteiger partial charge on any atom is 0.0958 e. The van der Waals surface area contributed by atoms with E-state index in [0.29, 0.717) is 0 Å². The first-order valence-electron chi connectivity index (χ1n) is 5.96. The first kappa shape index (κ1) is 14.2. The highest BCUT2D eigenvalue weighted by Crippen LogP contribution is 2.20. The molecule has 0 spiro atoms. The van der Waals surface area contributed by atoms with Crippen molar-refractivity contribution in [3.05, 3.63) is 42.5 Å². The quantitative estimate of drug-likeness (QED) is 0.577. The topological polar surface area (TPSA) is 6.48 Å². The standard InChI is InChI=1S/C14H24N2Si/c1-12(13-10-8-7-9-11-13)17-14(2,15(3)4)16(5)6/h7-11H,1,17H2,2-6H3. The molecule has 1 aromatic carbocycles. The van der Waals surface area contributed by atoms with Gasteiger partial charge >= 0.3 is 0 Å². The minimum atomic E-state index is -0.483. The number of hydrogen-bond acceptors (Lipinski definition) is 2. The van der Waals surface area contributed by atoms with E-state index >= 15 is 0 Å². The van der Waals surface area contributed by atoms with Crippen LogP contribution >= 0.6 is 0 Å². The summed E-state index contributed by atoms with van der Waals surface area (Å²) in [6, 6.07) is 10.5. The Hall–Kier alpha value is -0.903. The summed E-state index contributed by atoms with van der Waals surface area (Å²) < 4.78 is 0. The molecule has 0 aliphatic heterocycles. The van der Waals surface area contributed by atoms with Crippen molar-refractivity contribution in [1.29, 1.82) is 0 Å². The van der Waals surface area contributed by atoms with E-state index in [2.05, 4.69) is 81.8 Å². The van der Waals surface area contributed by atoms with Crippen LogP contribution in [0.15, 0.2) is 36.9 Å². The fourth-order valence-corrected chi connectivity index (χ4v) is 3.78. The average Bonchev–Trinajstić information content (AvgIpc) is 2.29. The second-order valence-electron chi connectivity index (χ2n) is 5.15. The van der Waals surface area contributed by atoms with Gasteiger partial charge in [-0.15, -0.1) is 0 Å². The molecule has 3 heteroatoms. The highest BCUT2D eigenvalue weighted by Gasteiger charge is 2.30. The molecule has 0 saturated carbocycles. The van der Waals surface area contributed by atoms with Crippen LogP contribution in [0.2, 0.25) is 0 Å². The van der Waals surface area contributed by atoms with Gasteiger partial charge in [-0.3, -0.25) is 9.80 Å². The fourth-order valence-electron chi connectivity index (χ4n) is 1.90. The molecule has 1 aromatic rings. The molecule has 0 bridgehead atoms. The third-order valence-electron chi connectivity index (χ3n) is 3.66. The Morgan fingerprint density at radius 1 is 1.06 bits per heavy atom. The molecule has 0 aromatic heterocycles. The van der Waals surface area contributed by atoms with Crippen molar-refractivity contribution in [3.63, 3.8) is 0 Å². The molecule has 0 unspecified atom stereocenters. The van der Waals surface area contributed by atoms with Gasteiger partial charge < -0.3 is 0 Å². The SMILES string of the molecule is C=C([SiH2]C(C)(N(C)C)N(C)C)c1ccccc1. The molecule has 2 nitrogen and oxygen atoms in total. The minimum absolute atomic E-state index is 0.132. The summed E-state index contributed by atoms with van der Waals surface area (Å²) in [6.07, 6.45) is 0. The molecular weight excluding hydrogens is 224 g/mol. The number of nitrogens with zero attached hydrogens (tertiary/aromatic N) is 2. The Kier molecular flexibility index (Phi) is 4.68. The van der Waals surface area contributed by atoms with E-state index in [0.717, 1.165) is 0 Å². The van der Waals surface area contributed by atoms with Gasteiger partial charge in [0.1, 0.15) is 0 Å². The van der Waals surface area contributed by atoms with E-state index in [9.17, 15) is 0 Å². The zero-order valence-corrected chi connectivity index (χ0v) is 13.1. The van der Waals surface area contributed by atoms with Crippen LogP contribution in [0.4, 0.5) is 0 Å². The lowest BCUT2D eigenvalue weighted by molar-refractivity contribution is 0.101. The summed E-state index contributed by atoms with van der Waals surface area (Å²) in [6.45, 7) is 6.58. The minimum Gasteiger partial charge on any atom is -0.295 e. The molecule has 17 heavy (non-hydrogen) atoms. The maximum absolute atomic E-state index is 4.28. The van der Waals surface area contributed by atoms with Gasteiger partial charge in [-0.25, -0.2) is 0 Å². The average molecular weight is 248 g/mol. The van der Waals surface area contributed by atoms with Gasteiger partial charge in [0.25, 0.3) is 0 Å². The molecule has 0 aliphatic rings. The molecule has 0 saturated heterocycles. The van der Waals surface area contributed by atoms with Crippen molar-refractivity contribution in [2.45, 2.75) is 12.2 Å². The van der Waals surface area contributed by atoms with E-state index in [1.807, 2.05) is 0 Å². The van der Waals surface area contributed by atoms with Crippen molar-refractivity contribution in [3.8, 4) is 0 Å². The van der Waals surface area contributed by atoms with E-state index in [-0.39, 0.29) is 5.29 Å². The van der Waals surface area contributed by atoms with Gasteiger partial charge in [0.05, 0.1) is 14.8 Å². The van der Waals surface area contributed by atoms with Gasteiger partial charge in [-0.1, -0.05) is 42.1 Å². The molecule has 0 aliphatic carbocycles. The van der Waals surface area contributed by atoms with Crippen molar-refractivity contribution in [1.82, 2.24) is 9.80 Å². The Labute approximate surface area is 108 Å². The highest BCUT2D eigenvalue weighted by molar-refractivity contribution is 6.63. The summed E-state index contributed by atoms with van der Waals surface area (Å²) in [5, 5.41) is 1.45. The predicted octanol–water partition coefficient (Wildman–Crippen LogP) is 1.62. The summed E-state index contributed by atoms with van der Waals surface area (Å²) in [5.41, 5.74) is 1.29. The van der Waals surface area contributed by atoms with Crippen LogP contribution in [0.3, 0.4) is 0 Å². The first-order chi connectivity index (χ1) is 7.88. The summed E-state index contributed by atoms with van der Waals surface area (Å²) in [4.78, 5) is 4.60. The van der Waals surface area contributed by atoms with Gasteiger partial charge in [0.2, 0.25) is 0 Å². The fraction of sp³-hybridized carbons (Fsp3) is 0.429. The zero-order valence-electron chi connectivity index (χ0n) is 11.7. The third kappa shape index (κ3) is 3.28. The lowest BCUT2D eigenvalue weighted by Gasteiger charge is -2.43. The molecule has 1 rings (SSSR count). The van der Waals surface area contributed by atoms with Crippen LogP contribution in [-0.4, -0.2) is 52.8 Å². The molecule has 0 fully saturated rings. The lowest BCUT2D eigenvalue weighted by Crippen LogP contribution is -2.57. The van der Waals surface area contributed by atoms with Crippen molar-refractivity contribution in [2.75, 3.05) is 28.2 Å². The predicted molar refractivity (Wildman–Crippen MR) is 79.8 cm³/mol. The Morgan fingerprint density at radius 2 is 1.53 bits per heavy atom. The molecule has 0 amide bonds. The van der Waals surface area contributed by atoms with Gasteiger partial charge in [-0.05, 0) is 40.7 Å². The number of benzene rings is 1. The van der Waals surface area contributed by atoms with Gasteiger partial charge in [-0.2, -0.15) is 0 Å². The van der Waals surface area contributed by atoms with E-state index < -0.39 is 9.52 Å². The maximum atomic E-state index is 4.28. The van der Waals surface area contributed by atoms with Crippen LogP contribution in [0.1, 0.15) is 12.5 Å². The van der Waals surface area contributed by atoms with E-state index in [1.54, 1.807) is 0 Å². The summed E-state index contributed by atoms with van der Waals surface area (Å²) >= 11 is 0. The van der Waals surface area contributed by atoms with Crippen molar-refractivity contribution >= 4 is 14.7 Å². The molecule has 0 heterocycles. The monoisotopic (exact) mass is 248 g/mol. The first-order valence-corrected chi connectivity index (χ1v) is 7.37. The van der Waals surface area contributed by atoms with Crippen molar-refractivity contribution < 1.29 is 0 Å². The third-order valence-corrected chi connectivity index (χ3v) is 6.43. The Morgan fingerprint density at radius 3 is 1.94 bits per heavy atom. The van der Waals surface area contributed by atoms with E-state index in [4.69, 9.17) is 0 Å². The number of hydrogen-bond donors (Lipinski definition) is 0. The Balaban J connectivity index is 2.86. The van der Waals surface area contributed by atoms with E-state index in [1.165, 1.54) is 10.8 Å². The molecule has 0 atom stereocenters. The summed E-state index contributed by atoms with van der Waals surface area (Å²) in [5.74, 6) is 0. The second-order valence-corrected chi connectivity index (χ2v) is 7.70. The largest absolute Gasteiger partial charge is 0.295 e. The molecular formula is C14H24N2Si. The molecule has 0 radical (unpaired) electrons. The second kappa shape index (κ2) is 5.62. The molecule has 0 N–H and O–H groups in total. The van der Waals surface area contributed by atoms with Crippen molar-refractivity contribution in [2.24, 2.45) is 0 Å².